The number of carboxylic acids is 1. The zero-order chi connectivity index (χ0) is 7.86. The predicted molar refractivity (Wildman–Crippen MR) is 37.5 cm³/mol. The number of rotatable bonds is 1. The molecule has 0 aliphatic rings. The Hall–Kier alpha value is -0.380. The molecule has 0 atom stereocenters. The zero-order valence-electron chi connectivity index (χ0n) is 5.35. The molecule has 0 amide bonds. The molecule has 0 bridgehead atoms. The van der Waals surface area contributed by atoms with Crippen molar-refractivity contribution >= 4 is 26.6 Å². The Morgan fingerprint density at radius 2 is 1.67 bits per heavy atom. The number of carbonyl (C=O) groups is 2. The summed E-state index contributed by atoms with van der Waals surface area (Å²) in [5, 5.41) is 7.72. The summed E-state index contributed by atoms with van der Waals surface area (Å²) in [7, 11) is 0. The molecule has 9 heavy (non-hydrogen) atoms. The van der Waals surface area contributed by atoms with E-state index in [0.717, 1.165) is 0 Å². The minimum Gasteiger partial charge on any atom is -0.481 e. The van der Waals surface area contributed by atoms with E-state index in [4.69, 9.17) is 5.11 Å². The molecule has 0 aromatic carbocycles. The van der Waals surface area contributed by atoms with Crippen molar-refractivity contribution in [1.82, 2.24) is 0 Å². The topological polar surface area (TPSA) is 54.4 Å². The predicted octanol–water partition coefficient (Wildman–Crippen LogP) is 1.41. The maximum absolute atomic E-state index is 9.37. The number of halogens is 1. The molecular formula is C5H9BrO3. The molecule has 54 valence electrons. The van der Waals surface area contributed by atoms with Gasteiger partial charge in [0.1, 0.15) is 0 Å². The molecule has 0 aliphatic heterocycles. The van der Waals surface area contributed by atoms with E-state index in [2.05, 4.69) is 15.9 Å². The fourth-order valence-electron chi connectivity index (χ4n) is 0. The van der Waals surface area contributed by atoms with E-state index in [-0.39, 0.29) is 11.1 Å². The summed E-state index contributed by atoms with van der Waals surface area (Å²) < 4.78 is -0.0208. The van der Waals surface area contributed by atoms with Gasteiger partial charge in [-0.1, -0.05) is 6.92 Å². The first-order chi connectivity index (χ1) is 4.00. The summed E-state index contributed by atoms with van der Waals surface area (Å²) in [5.74, 6) is -0.745. The van der Waals surface area contributed by atoms with Crippen molar-refractivity contribution in [3.63, 3.8) is 0 Å². The summed E-state index contributed by atoms with van der Waals surface area (Å²) in [6.45, 7) is 3.04. The first kappa shape index (κ1) is 11.4. The Morgan fingerprint density at radius 1 is 1.56 bits per heavy atom. The second kappa shape index (κ2) is 7.62. The maximum Gasteiger partial charge on any atom is 0.303 e. The Labute approximate surface area is 62.2 Å². The first-order valence-electron chi connectivity index (χ1n) is 2.38. The van der Waals surface area contributed by atoms with Crippen LogP contribution in [0.25, 0.3) is 0 Å². The molecular weight excluding hydrogens is 188 g/mol. The molecule has 0 radical (unpaired) electrons. The molecule has 0 heterocycles. The van der Waals surface area contributed by atoms with Crippen molar-refractivity contribution in [3.05, 3.63) is 0 Å². The maximum atomic E-state index is 9.37. The molecule has 0 rings (SSSR count). The Morgan fingerprint density at radius 3 is 1.67 bits per heavy atom. The number of aliphatic carboxylic acids is 1. The lowest BCUT2D eigenvalue weighted by molar-refractivity contribution is -0.136. The third-order valence-electron chi connectivity index (χ3n) is 0.302. The van der Waals surface area contributed by atoms with Gasteiger partial charge < -0.3 is 5.11 Å². The van der Waals surface area contributed by atoms with Gasteiger partial charge in [0, 0.05) is 13.3 Å². The van der Waals surface area contributed by atoms with Gasteiger partial charge in [0.25, 0.3) is 0 Å². The van der Waals surface area contributed by atoms with Crippen LogP contribution in [0.5, 0.6) is 0 Å². The van der Waals surface area contributed by atoms with Crippen LogP contribution in [-0.4, -0.2) is 15.8 Å². The molecule has 0 aliphatic carbocycles. The first-order valence-corrected chi connectivity index (χ1v) is 3.17. The van der Waals surface area contributed by atoms with Crippen LogP contribution in [0.15, 0.2) is 0 Å². The van der Waals surface area contributed by atoms with E-state index in [1.165, 1.54) is 6.92 Å². The van der Waals surface area contributed by atoms with Gasteiger partial charge in [-0.2, -0.15) is 0 Å². The van der Waals surface area contributed by atoms with Gasteiger partial charge >= 0.3 is 5.97 Å². The van der Waals surface area contributed by atoms with E-state index >= 15 is 0 Å². The fraction of sp³-hybridized carbons (Fsp3) is 0.600. The molecule has 0 aromatic heterocycles. The lowest BCUT2D eigenvalue weighted by atomic mass is 10.5. The van der Waals surface area contributed by atoms with Crippen LogP contribution in [0, 0.1) is 0 Å². The largest absolute Gasteiger partial charge is 0.481 e. The second-order valence-corrected chi connectivity index (χ2v) is 2.33. The van der Waals surface area contributed by atoms with Gasteiger partial charge in [-0.25, -0.2) is 0 Å². The van der Waals surface area contributed by atoms with Gasteiger partial charge in [0.05, 0.1) is 0 Å². The average Bonchev–Trinajstić information content (AvgIpc) is 1.65. The summed E-state index contributed by atoms with van der Waals surface area (Å²) in [6.07, 6.45) is 0.222. The van der Waals surface area contributed by atoms with Crippen LogP contribution < -0.4 is 0 Å². The molecule has 0 spiro atoms. The van der Waals surface area contributed by atoms with Crippen LogP contribution >= 0.6 is 15.9 Å². The Balaban J connectivity index is 0. The lowest BCUT2D eigenvalue weighted by Gasteiger charge is -1.71. The van der Waals surface area contributed by atoms with E-state index in [0.29, 0.717) is 0 Å². The third kappa shape index (κ3) is 91.7. The quantitative estimate of drug-likeness (QED) is 0.646. The molecule has 0 fully saturated rings. The van der Waals surface area contributed by atoms with Crippen molar-refractivity contribution in [3.8, 4) is 0 Å². The fourth-order valence-corrected chi connectivity index (χ4v) is 0. The summed E-state index contributed by atoms with van der Waals surface area (Å²) in [4.78, 5) is 18.7. The van der Waals surface area contributed by atoms with Crippen molar-refractivity contribution in [2.24, 2.45) is 0 Å². The summed E-state index contributed by atoms with van der Waals surface area (Å²) >= 11 is 2.63. The van der Waals surface area contributed by atoms with E-state index < -0.39 is 5.97 Å². The number of carboxylic acid groups (broad SMARTS) is 1. The van der Waals surface area contributed by atoms with Crippen LogP contribution in [0.1, 0.15) is 20.3 Å². The van der Waals surface area contributed by atoms with Crippen molar-refractivity contribution in [1.29, 1.82) is 0 Å². The molecule has 0 saturated heterocycles. The highest BCUT2D eigenvalue weighted by Gasteiger charge is 1.80. The number of hydrogen-bond acceptors (Lipinski definition) is 2. The van der Waals surface area contributed by atoms with Gasteiger partial charge in [0.15, 0.2) is 4.69 Å². The molecule has 3 nitrogen and oxygen atoms in total. The third-order valence-corrected chi connectivity index (χ3v) is 0.302. The van der Waals surface area contributed by atoms with Crippen LogP contribution in [-0.2, 0) is 9.59 Å². The average molecular weight is 197 g/mol. The zero-order valence-corrected chi connectivity index (χ0v) is 6.93. The van der Waals surface area contributed by atoms with Crippen molar-refractivity contribution < 1.29 is 14.7 Å². The SMILES string of the molecule is CC(=O)Br.CCC(=O)O. The normalized spacial score (nSPS) is 7.00. The van der Waals surface area contributed by atoms with Crippen LogP contribution in [0.2, 0.25) is 0 Å². The van der Waals surface area contributed by atoms with Gasteiger partial charge in [0.2, 0.25) is 0 Å². The van der Waals surface area contributed by atoms with Crippen LogP contribution in [0.3, 0.4) is 0 Å². The van der Waals surface area contributed by atoms with E-state index in [9.17, 15) is 9.59 Å². The van der Waals surface area contributed by atoms with E-state index in [1.807, 2.05) is 0 Å². The smallest absolute Gasteiger partial charge is 0.303 e. The highest BCUT2D eigenvalue weighted by atomic mass is 79.9. The van der Waals surface area contributed by atoms with Crippen molar-refractivity contribution in [2.75, 3.05) is 0 Å². The second-order valence-electron chi connectivity index (χ2n) is 1.22. The molecule has 0 unspecified atom stereocenters. The molecule has 0 aromatic rings. The highest BCUT2D eigenvalue weighted by Crippen LogP contribution is 1.74. The molecule has 0 saturated carbocycles. The number of carbonyl (C=O) groups excluding carboxylic acids is 1. The minimum absolute atomic E-state index is 0.0208. The monoisotopic (exact) mass is 196 g/mol. The van der Waals surface area contributed by atoms with E-state index in [1.54, 1.807) is 6.92 Å². The summed E-state index contributed by atoms with van der Waals surface area (Å²) in [5.41, 5.74) is 0. The van der Waals surface area contributed by atoms with Gasteiger partial charge in [-0.15, -0.1) is 0 Å². The summed E-state index contributed by atoms with van der Waals surface area (Å²) in [6, 6.07) is 0. The van der Waals surface area contributed by atoms with Crippen molar-refractivity contribution in [2.45, 2.75) is 20.3 Å². The van der Waals surface area contributed by atoms with Gasteiger partial charge in [-0.05, 0) is 15.9 Å². The van der Waals surface area contributed by atoms with Crippen LogP contribution in [0.4, 0.5) is 0 Å². The standard InChI is InChI=1S/C3H6O2.C2H3BrO/c1-2-3(4)5;1-2(3)4/h2H2,1H3,(H,4,5);1H3. The van der Waals surface area contributed by atoms with Gasteiger partial charge in [-0.3, -0.25) is 9.59 Å². The Kier molecular flexibility index (Phi) is 9.67. The lowest BCUT2D eigenvalue weighted by Crippen LogP contribution is -1.86. The highest BCUT2D eigenvalue weighted by molar-refractivity contribution is 9.18. The number of hydrogen-bond donors (Lipinski definition) is 1. The Bertz CT molecular complexity index is 96.4. The minimum atomic E-state index is -0.745. The molecule has 4 heteroatoms. The molecule has 1 N–H and O–H groups in total.